The zero-order valence-electron chi connectivity index (χ0n) is 12.8. The van der Waals surface area contributed by atoms with Crippen molar-refractivity contribution in [3.8, 4) is 0 Å². The highest BCUT2D eigenvalue weighted by Gasteiger charge is 2.47. The summed E-state index contributed by atoms with van der Waals surface area (Å²) >= 11 is 0. The monoisotopic (exact) mass is 254 g/mol. The van der Waals surface area contributed by atoms with Gasteiger partial charge in [-0.05, 0) is 60.5 Å². The molecule has 0 saturated carbocycles. The van der Waals surface area contributed by atoms with E-state index in [0.717, 1.165) is 13.0 Å². The first-order valence-electron chi connectivity index (χ1n) is 7.44. The zero-order chi connectivity index (χ0) is 13.4. The van der Waals surface area contributed by atoms with Gasteiger partial charge in [0.2, 0.25) is 0 Å². The SMILES string of the molecule is CN(CC1CCCCN1)C1CC(C)(C)OC1(C)C. The molecule has 3 nitrogen and oxygen atoms in total. The molecule has 2 saturated heterocycles. The molecule has 0 bridgehead atoms. The molecule has 0 aromatic heterocycles. The molecule has 0 aliphatic carbocycles. The lowest BCUT2D eigenvalue weighted by Crippen LogP contribution is -2.50. The van der Waals surface area contributed by atoms with Crippen LogP contribution in [0.3, 0.4) is 0 Å². The summed E-state index contributed by atoms with van der Waals surface area (Å²) in [6.07, 6.45) is 5.16. The fraction of sp³-hybridized carbons (Fsp3) is 1.00. The van der Waals surface area contributed by atoms with E-state index >= 15 is 0 Å². The lowest BCUT2D eigenvalue weighted by Gasteiger charge is -2.36. The number of hydrogen-bond acceptors (Lipinski definition) is 3. The summed E-state index contributed by atoms with van der Waals surface area (Å²) in [6, 6.07) is 1.19. The second-order valence-electron chi connectivity index (χ2n) is 7.27. The molecule has 106 valence electrons. The fourth-order valence-corrected chi connectivity index (χ4v) is 3.77. The summed E-state index contributed by atoms with van der Waals surface area (Å²) in [5, 5.41) is 3.64. The third-order valence-electron chi connectivity index (χ3n) is 4.48. The largest absolute Gasteiger partial charge is 0.368 e. The predicted molar refractivity (Wildman–Crippen MR) is 75.9 cm³/mol. The Labute approximate surface area is 112 Å². The van der Waals surface area contributed by atoms with Crippen LogP contribution in [-0.2, 0) is 4.74 Å². The van der Waals surface area contributed by atoms with E-state index in [1.807, 2.05) is 0 Å². The van der Waals surface area contributed by atoms with Gasteiger partial charge in [-0.25, -0.2) is 0 Å². The average Bonchev–Trinajstić information content (AvgIpc) is 2.48. The van der Waals surface area contributed by atoms with Crippen LogP contribution in [0, 0.1) is 0 Å². The lowest BCUT2D eigenvalue weighted by atomic mass is 9.92. The molecule has 2 heterocycles. The number of nitrogens with one attached hydrogen (secondary N) is 1. The summed E-state index contributed by atoms with van der Waals surface area (Å²) in [6.45, 7) is 11.2. The second kappa shape index (κ2) is 5.10. The van der Waals surface area contributed by atoms with Crippen molar-refractivity contribution in [1.29, 1.82) is 0 Å². The quantitative estimate of drug-likeness (QED) is 0.837. The Morgan fingerprint density at radius 3 is 2.44 bits per heavy atom. The van der Waals surface area contributed by atoms with E-state index in [0.29, 0.717) is 12.1 Å². The summed E-state index contributed by atoms with van der Waals surface area (Å²) in [5.74, 6) is 0. The first kappa shape index (κ1) is 14.3. The van der Waals surface area contributed by atoms with Gasteiger partial charge in [-0.1, -0.05) is 6.42 Å². The number of rotatable bonds is 3. The van der Waals surface area contributed by atoms with E-state index in [-0.39, 0.29) is 11.2 Å². The highest BCUT2D eigenvalue weighted by Crippen LogP contribution is 2.39. The molecule has 2 fully saturated rings. The highest BCUT2D eigenvalue weighted by atomic mass is 16.5. The molecule has 2 rings (SSSR count). The van der Waals surface area contributed by atoms with Gasteiger partial charge in [0, 0.05) is 18.6 Å². The smallest absolute Gasteiger partial charge is 0.0789 e. The standard InChI is InChI=1S/C15H30N2O/c1-14(2)10-13(15(3,4)18-14)17(5)11-12-8-6-7-9-16-12/h12-13,16H,6-11H2,1-5H3. The van der Waals surface area contributed by atoms with Crippen molar-refractivity contribution in [2.75, 3.05) is 20.1 Å². The molecule has 0 amide bonds. The van der Waals surface area contributed by atoms with Gasteiger partial charge in [-0.2, -0.15) is 0 Å². The minimum absolute atomic E-state index is 0.0163. The molecular weight excluding hydrogens is 224 g/mol. The van der Waals surface area contributed by atoms with Gasteiger partial charge >= 0.3 is 0 Å². The Morgan fingerprint density at radius 1 is 1.22 bits per heavy atom. The van der Waals surface area contributed by atoms with Crippen molar-refractivity contribution in [2.24, 2.45) is 0 Å². The van der Waals surface area contributed by atoms with Gasteiger partial charge in [-0.3, -0.25) is 4.90 Å². The van der Waals surface area contributed by atoms with Crippen LogP contribution in [-0.4, -0.2) is 48.3 Å². The lowest BCUT2D eigenvalue weighted by molar-refractivity contribution is -0.0791. The summed E-state index contributed by atoms with van der Waals surface area (Å²) in [5.41, 5.74) is -0.0185. The Hall–Kier alpha value is -0.120. The van der Waals surface area contributed by atoms with Crippen molar-refractivity contribution < 1.29 is 4.74 Å². The van der Waals surface area contributed by atoms with Crippen LogP contribution in [0.15, 0.2) is 0 Å². The number of ether oxygens (including phenoxy) is 1. The van der Waals surface area contributed by atoms with Crippen molar-refractivity contribution in [1.82, 2.24) is 10.2 Å². The predicted octanol–water partition coefficient (Wildman–Crippen LogP) is 2.41. The molecule has 3 heteroatoms. The van der Waals surface area contributed by atoms with Gasteiger partial charge < -0.3 is 10.1 Å². The molecule has 2 aliphatic rings. The van der Waals surface area contributed by atoms with Crippen LogP contribution in [0.25, 0.3) is 0 Å². The summed E-state index contributed by atoms with van der Waals surface area (Å²) in [4.78, 5) is 2.51. The first-order chi connectivity index (χ1) is 8.30. The Bertz CT molecular complexity index is 282. The Kier molecular flexibility index (Phi) is 4.05. The van der Waals surface area contributed by atoms with Crippen molar-refractivity contribution in [3.05, 3.63) is 0 Å². The Morgan fingerprint density at radius 2 is 1.94 bits per heavy atom. The van der Waals surface area contributed by atoms with Gasteiger partial charge in [-0.15, -0.1) is 0 Å². The minimum atomic E-state index is -0.0348. The van der Waals surface area contributed by atoms with Crippen molar-refractivity contribution in [3.63, 3.8) is 0 Å². The van der Waals surface area contributed by atoms with Crippen molar-refractivity contribution >= 4 is 0 Å². The van der Waals surface area contributed by atoms with E-state index in [4.69, 9.17) is 4.74 Å². The van der Waals surface area contributed by atoms with E-state index in [1.54, 1.807) is 0 Å². The third-order valence-corrected chi connectivity index (χ3v) is 4.48. The molecule has 2 unspecified atom stereocenters. The summed E-state index contributed by atoms with van der Waals surface area (Å²) < 4.78 is 6.20. The zero-order valence-corrected chi connectivity index (χ0v) is 12.8. The second-order valence-corrected chi connectivity index (χ2v) is 7.27. The molecule has 0 aromatic carbocycles. The molecule has 2 atom stereocenters. The van der Waals surface area contributed by atoms with Gasteiger partial charge in [0.25, 0.3) is 0 Å². The molecule has 0 aromatic rings. The molecular formula is C15H30N2O. The first-order valence-corrected chi connectivity index (χ1v) is 7.44. The van der Waals surface area contributed by atoms with Crippen molar-refractivity contribution in [2.45, 2.75) is 76.7 Å². The maximum Gasteiger partial charge on any atom is 0.0789 e. The van der Waals surface area contributed by atoms with Crippen LogP contribution in [0.5, 0.6) is 0 Å². The van der Waals surface area contributed by atoms with Gasteiger partial charge in [0.05, 0.1) is 11.2 Å². The number of piperidine rings is 1. The van der Waals surface area contributed by atoms with Crippen LogP contribution < -0.4 is 5.32 Å². The molecule has 1 N–H and O–H groups in total. The molecule has 0 spiro atoms. The highest BCUT2D eigenvalue weighted by molar-refractivity contribution is 5.00. The number of hydrogen-bond donors (Lipinski definition) is 1. The van der Waals surface area contributed by atoms with Crippen LogP contribution in [0.1, 0.15) is 53.4 Å². The maximum atomic E-state index is 6.20. The summed E-state index contributed by atoms with van der Waals surface area (Å²) in [7, 11) is 2.26. The Balaban J connectivity index is 1.93. The van der Waals surface area contributed by atoms with Crippen LogP contribution in [0.4, 0.5) is 0 Å². The van der Waals surface area contributed by atoms with Crippen LogP contribution in [0.2, 0.25) is 0 Å². The van der Waals surface area contributed by atoms with Gasteiger partial charge in [0.15, 0.2) is 0 Å². The minimum Gasteiger partial charge on any atom is -0.368 e. The average molecular weight is 254 g/mol. The normalized spacial score (nSPS) is 35.0. The fourth-order valence-electron chi connectivity index (χ4n) is 3.77. The third kappa shape index (κ3) is 3.25. The van der Waals surface area contributed by atoms with E-state index in [1.165, 1.54) is 25.8 Å². The topological polar surface area (TPSA) is 24.5 Å². The number of nitrogens with zero attached hydrogens (tertiary/aromatic N) is 1. The molecule has 0 radical (unpaired) electrons. The van der Waals surface area contributed by atoms with E-state index in [9.17, 15) is 0 Å². The molecule has 2 aliphatic heterocycles. The number of likely N-dealkylation sites (N-methyl/N-ethyl adjacent to an activating group) is 1. The molecule has 18 heavy (non-hydrogen) atoms. The van der Waals surface area contributed by atoms with E-state index < -0.39 is 0 Å². The van der Waals surface area contributed by atoms with Gasteiger partial charge in [0.1, 0.15) is 0 Å². The van der Waals surface area contributed by atoms with E-state index in [2.05, 4.69) is 45.0 Å². The maximum absolute atomic E-state index is 6.20. The van der Waals surface area contributed by atoms with Crippen LogP contribution >= 0.6 is 0 Å².